The summed E-state index contributed by atoms with van der Waals surface area (Å²) < 4.78 is 41.4. The number of ether oxygens (including phenoxy) is 3. The first-order valence-corrected chi connectivity index (χ1v) is 19.5. The van der Waals surface area contributed by atoms with Gasteiger partial charge in [-0.25, -0.2) is 4.84 Å². The third kappa shape index (κ3) is 12.3. The topological polar surface area (TPSA) is 92.7 Å². The minimum absolute atomic E-state index is 0. The van der Waals surface area contributed by atoms with Crippen molar-refractivity contribution in [3.05, 3.63) is 53.6 Å². The minimum atomic E-state index is -3.01. The number of quaternary nitrogens is 1. The molecule has 1 aliphatic heterocycles. The Morgan fingerprint density at radius 3 is 1.92 bits per heavy atom. The Balaban J connectivity index is 0.00000800. The molecule has 3 rings (SSSR count). The van der Waals surface area contributed by atoms with Crippen LogP contribution < -0.4 is 38.9 Å². The van der Waals surface area contributed by atoms with Gasteiger partial charge in [0.2, 0.25) is 0 Å². The molecular formula is C37H64IN3O6S. The largest absolute Gasteiger partial charge is 1.00 e. The Morgan fingerprint density at radius 1 is 0.812 bits per heavy atom. The first kappa shape index (κ1) is 43.0. The van der Waals surface area contributed by atoms with Crippen LogP contribution in [0, 0.1) is 0 Å². The molecule has 48 heavy (non-hydrogen) atoms. The zero-order chi connectivity index (χ0) is 34.3. The van der Waals surface area contributed by atoms with Crippen LogP contribution in [0.25, 0.3) is 0 Å². The van der Waals surface area contributed by atoms with E-state index in [2.05, 4.69) is 63.0 Å². The predicted molar refractivity (Wildman–Crippen MR) is 195 cm³/mol. The quantitative estimate of drug-likeness (QED) is 0.0671. The maximum atomic E-state index is 11.7. The predicted octanol–water partition coefficient (Wildman–Crippen LogP) is 4.90. The standard InChI is InChI=1S/C37H63N3O6S.HI/c1-8-13-21-37(22-14-9-2)30-47(41,42)35-20-17-32(39(6)7)29-34(35)36(38-37)31-15-18-33(19-16-31)45-27-25-43-23-24-44-26-28-46-40(10-3,11-4)12-5;/h15-20,29,36,38H,8-14,21-28,30H2,1-7H3,(H-,41,42);1H. The number of hydrogen-bond acceptors (Lipinski definition) is 8. The van der Waals surface area contributed by atoms with Gasteiger partial charge in [0.25, 0.3) is 0 Å². The number of nitrogens with one attached hydrogen (secondary N) is 1. The van der Waals surface area contributed by atoms with Gasteiger partial charge in [-0.3, -0.25) is 14.4 Å². The van der Waals surface area contributed by atoms with Gasteiger partial charge in [-0.15, -0.1) is 0 Å². The van der Waals surface area contributed by atoms with Gasteiger partial charge >= 0.3 is 0 Å². The van der Waals surface area contributed by atoms with Crippen LogP contribution in [0.3, 0.4) is 0 Å². The molecule has 0 fully saturated rings. The van der Waals surface area contributed by atoms with Crippen LogP contribution in [-0.4, -0.2) is 98.4 Å². The van der Waals surface area contributed by atoms with E-state index in [9.17, 15) is 9.11 Å². The summed E-state index contributed by atoms with van der Waals surface area (Å²) in [5.41, 5.74) is 2.67. The molecule has 3 N–H and O–H groups in total. The van der Waals surface area contributed by atoms with Crippen molar-refractivity contribution in [2.75, 3.05) is 84.0 Å². The van der Waals surface area contributed by atoms with Crippen molar-refractivity contribution < 1.29 is 56.8 Å². The van der Waals surface area contributed by atoms with Crippen molar-refractivity contribution in [1.82, 2.24) is 5.32 Å². The highest BCUT2D eigenvalue weighted by molar-refractivity contribution is 8.24. The average Bonchev–Trinajstić information content (AvgIpc) is 3.17. The number of nitrogens with zero attached hydrogens (tertiary/aromatic N) is 2. The molecule has 0 spiro atoms. The Morgan fingerprint density at radius 2 is 1.38 bits per heavy atom. The molecule has 9 nitrogen and oxygen atoms in total. The summed E-state index contributed by atoms with van der Waals surface area (Å²) in [6.07, 6.45) is 6.00. The Bertz CT molecular complexity index is 1170. The van der Waals surface area contributed by atoms with Gasteiger partial charge in [-0.1, -0.05) is 51.7 Å². The normalized spacial score (nSPS) is 17.6. The molecule has 0 aliphatic carbocycles. The van der Waals surface area contributed by atoms with Crippen molar-refractivity contribution in [2.24, 2.45) is 0 Å². The molecule has 0 amide bonds. The third-order valence-electron chi connectivity index (χ3n) is 9.52. The average molecular weight is 806 g/mol. The maximum absolute atomic E-state index is 11.7. The molecule has 11 heteroatoms. The van der Waals surface area contributed by atoms with Crippen molar-refractivity contribution in [1.29, 1.82) is 0 Å². The molecule has 2 aromatic rings. The lowest BCUT2D eigenvalue weighted by atomic mass is 9.86. The molecular weight excluding hydrogens is 741 g/mol. The van der Waals surface area contributed by atoms with Gasteiger partial charge in [0.05, 0.1) is 43.1 Å². The molecule has 1 unspecified atom stereocenters. The molecule has 2 aromatic carbocycles. The number of rotatable bonds is 22. The molecule has 0 saturated heterocycles. The monoisotopic (exact) mass is 805 g/mol. The summed E-state index contributed by atoms with van der Waals surface area (Å²) in [5, 5.41) is 4.01. The van der Waals surface area contributed by atoms with Gasteiger partial charge in [0.15, 0.2) is 0 Å². The summed E-state index contributed by atoms with van der Waals surface area (Å²) in [4.78, 5) is 8.74. The fourth-order valence-electron chi connectivity index (χ4n) is 6.46. The highest BCUT2D eigenvalue weighted by atomic mass is 127. The van der Waals surface area contributed by atoms with Crippen molar-refractivity contribution in [3.8, 4) is 5.75 Å². The maximum Gasteiger partial charge on any atom is 0.129 e. The zero-order valence-electron chi connectivity index (χ0n) is 30.6. The van der Waals surface area contributed by atoms with E-state index in [1.807, 2.05) is 38.4 Å². The van der Waals surface area contributed by atoms with E-state index in [-0.39, 0.29) is 35.6 Å². The summed E-state index contributed by atoms with van der Waals surface area (Å²) in [6, 6.07) is 14.0. The summed E-state index contributed by atoms with van der Waals surface area (Å²) >= 11 is 0. The summed E-state index contributed by atoms with van der Waals surface area (Å²) in [5.74, 6) is 1.11. The molecule has 0 radical (unpaired) electrons. The molecule has 0 bridgehead atoms. The number of anilines is 1. The van der Waals surface area contributed by atoms with E-state index in [1.165, 1.54) is 0 Å². The van der Waals surface area contributed by atoms with Crippen LogP contribution in [0.1, 0.15) is 90.3 Å². The Labute approximate surface area is 310 Å². The van der Waals surface area contributed by atoms with Gasteiger partial charge in [0.1, 0.15) is 38.6 Å². The van der Waals surface area contributed by atoms with Crippen LogP contribution in [0.2, 0.25) is 0 Å². The Kier molecular flexibility index (Phi) is 19.0. The lowest BCUT2D eigenvalue weighted by Crippen LogP contribution is -3.00. The van der Waals surface area contributed by atoms with Crippen molar-refractivity contribution in [2.45, 2.75) is 89.6 Å². The smallest absolute Gasteiger partial charge is 0.129 e. The van der Waals surface area contributed by atoms with Crippen LogP contribution in [-0.2, 0) is 14.3 Å². The number of fused-ring (bicyclic) bond motifs is 1. The molecule has 1 atom stereocenters. The number of halogens is 1. The number of benzene rings is 2. The van der Waals surface area contributed by atoms with E-state index < -0.39 is 10.6 Å². The van der Waals surface area contributed by atoms with E-state index >= 15 is 0 Å². The second-order valence-corrected chi connectivity index (χ2v) is 15.0. The third-order valence-corrected chi connectivity index (χ3v) is 11.6. The first-order valence-electron chi connectivity index (χ1n) is 17.8. The second kappa shape index (κ2) is 21.3. The van der Waals surface area contributed by atoms with E-state index in [4.69, 9.17) is 19.0 Å². The fraction of sp³-hybridized carbons (Fsp3) is 0.676. The molecule has 0 aromatic heterocycles. The second-order valence-electron chi connectivity index (χ2n) is 13.0. The van der Waals surface area contributed by atoms with Gasteiger partial charge in [-0.05, 0) is 75.1 Å². The zero-order valence-corrected chi connectivity index (χ0v) is 33.6. The van der Waals surface area contributed by atoms with Gasteiger partial charge in [0, 0.05) is 25.3 Å². The number of hydroxylamine groups is 3. The SMILES string of the molecule is CCCCC1(CCCC)CS(O)(O)c2ccc(N(C)C)cc2C(c2ccc(OCCOCCOCCO[N+](CC)(CC)CC)cc2)N1.[I-]. The van der Waals surface area contributed by atoms with Gasteiger partial charge < -0.3 is 43.1 Å². The van der Waals surface area contributed by atoms with Crippen molar-refractivity contribution in [3.63, 3.8) is 0 Å². The van der Waals surface area contributed by atoms with Crippen LogP contribution in [0.15, 0.2) is 47.4 Å². The van der Waals surface area contributed by atoms with E-state index in [0.717, 1.165) is 80.7 Å². The molecule has 276 valence electrons. The number of unbranched alkanes of at least 4 members (excludes halogenated alkanes) is 2. The fourth-order valence-corrected chi connectivity index (χ4v) is 8.60. The lowest BCUT2D eigenvalue weighted by molar-refractivity contribution is -1.10. The van der Waals surface area contributed by atoms with Crippen molar-refractivity contribution >= 4 is 16.3 Å². The van der Waals surface area contributed by atoms with E-state index in [0.29, 0.717) is 54.9 Å². The minimum Gasteiger partial charge on any atom is -1.00 e. The van der Waals surface area contributed by atoms with Crippen LogP contribution in [0.5, 0.6) is 5.75 Å². The number of hydrogen-bond donors (Lipinski definition) is 3. The molecule has 0 saturated carbocycles. The highest BCUT2D eigenvalue weighted by Gasteiger charge is 2.42. The summed E-state index contributed by atoms with van der Waals surface area (Å²) in [7, 11) is 1.02. The molecule has 1 heterocycles. The van der Waals surface area contributed by atoms with Crippen LogP contribution >= 0.6 is 10.6 Å². The lowest BCUT2D eigenvalue weighted by Gasteiger charge is -2.42. The van der Waals surface area contributed by atoms with Crippen LogP contribution in [0.4, 0.5) is 5.69 Å². The first-order chi connectivity index (χ1) is 22.6. The van der Waals surface area contributed by atoms with Gasteiger partial charge in [-0.2, -0.15) is 15.2 Å². The summed E-state index contributed by atoms with van der Waals surface area (Å²) in [6.45, 7) is 16.8. The Hall–Kier alpha value is -1.16. The molecule has 1 aliphatic rings. The highest BCUT2D eigenvalue weighted by Crippen LogP contribution is 2.57. The van der Waals surface area contributed by atoms with E-state index in [1.54, 1.807) is 0 Å².